The van der Waals surface area contributed by atoms with Crippen LogP contribution in [0.2, 0.25) is 5.02 Å². The third-order valence-electron chi connectivity index (χ3n) is 2.57. The molecule has 5 heteroatoms. The van der Waals surface area contributed by atoms with E-state index in [0.29, 0.717) is 11.6 Å². The number of thioether (sulfide) groups is 1. The van der Waals surface area contributed by atoms with Crippen LogP contribution >= 0.6 is 23.4 Å². The first-order chi connectivity index (χ1) is 9.83. The molecule has 0 saturated heterocycles. The molecule has 0 aliphatic rings. The number of anilines is 1. The third kappa shape index (κ3) is 5.14. The zero-order valence-electron chi connectivity index (χ0n) is 12.4. The van der Waals surface area contributed by atoms with Crippen LogP contribution in [0.5, 0.6) is 5.88 Å². The van der Waals surface area contributed by atoms with Crippen molar-refractivity contribution in [2.24, 2.45) is 0 Å². The third-order valence-corrected chi connectivity index (χ3v) is 3.82. The highest BCUT2D eigenvalue weighted by Gasteiger charge is 2.15. The number of rotatable bonds is 4. The van der Waals surface area contributed by atoms with Crippen LogP contribution in [0.3, 0.4) is 0 Å². The minimum Gasteiger partial charge on any atom is -0.470 e. The molecule has 21 heavy (non-hydrogen) atoms. The molecule has 1 aromatic heterocycles. The zero-order chi connectivity index (χ0) is 15.5. The minimum atomic E-state index is -0.319. The zero-order valence-corrected chi connectivity index (χ0v) is 14.0. The summed E-state index contributed by atoms with van der Waals surface area (Å²) in [7, 11) is 0. The molecule has 0 fully saturated rings. The van der Waals surface area contributed by atoms with Crippen molar-refractivity contribution in [3.63, 3.8) is 0 Å². The highest BCUT2D eigenvalue weighted by Crippen LogP contribution is 2.28. The van der Waals surface area contributed by atoms with Gasteiger partial charge in [-0.3, -0.25) is 0 Å². The van der Waals surface area contributed by atoms with Gasteiger partial charge in [-0.2, -0.15) is 0 Å². The van der Waals surface area contributed by atoms with E-state index in [-0.39, 0.29) is 5.60 Å². The fraction of sp³-hybridized carbons (Fsp3) is 0.312. The molecule has 0 saturated carbocycles. The van der Waals surface area contributed by atoms with Gasteiger partial charge in [-0.25, -0.2) is 4.98 Å². The second-order valence-electron chi connectivity index (χ2n) is 5.67. The maximum Gasteiger partial charge on any atom is 0.238 e. The van der Waals surface area contributed by atoms with E-state index in [1.165, 1.54) is 5.56 Å². The summed E-state index contributed by atoms with van der Waals surface area (Å²) in [5, 5.41) is 1.63. The van der Waals surface area contributed by atoms with Gasteiger partial charge in [-0.1, -0.05) is 23.7 Å². The summed E-state index contributed by atoms with van der Waals surface area (Å²) in [5.41, 5.74) is 7.34. The molecule has 1 aromatic carbocycles. The number of hydrogen-bond donors (Lipinski definition) is 1. The summed E-state index contributed by atoms with van der Waals surface area (Å²) in [5.74, 6) is 1.31. The molecular formula is C16H19ClN2OS. The lowest BCUT2D eigenvalue weighted by Crippen LogP contribution is -2.24. The Labute approximate surface area is 134 Å². The van der Waals surface area contributed by atoms with Gasteiger partial charge >= 0.3 is 0 Å². The summed E-state index contributed by atoms with van der Waals surface area (Å²) in [6.45, 7) is 5.92. The normalized spacial score (nSPS) is 11.4. The number of nitrogens with zero attached hydrogens (tertiary/aromatic N) is 1. The van der Waals surface area contributed by atoms with Crippen molar-refractivity contribution in [1.29, 1.82) is 0 Å². The second-order valence-corrected chi connectivity index (χ2v) is 7.11. The Morgan fingerprint density at radius 2 is 1.81 bits per heavy atom. The van der Waals surface area contributed by atoms with Crippen LogP contribution in [0.15, 0.2) is 41.4 Å². The number of aromatic nitrogens is 1. The Kier molecular flexibility index (Phi) is 5.01. The predicted molar refractivity (Wildman–Crippen MR) is 90.0 cm³/mol. The molecule has 2 rings (SSSR count). The highest BCUT2D eigenvalue weighted by molar-refractivity contribution is 7.98. The molecule has 0 spiro atoms. The first kappa shape index (κ1) is 16.0. The fourth-order valence-electron chi connectivity index (χ4n) is 1.62. The van der Waals surface area contributed by atoms with Crippen LogP contribution in [0.4, 0.5) is 5.69 Å². The van der Waals surface area contributed by atoms with E-state index in [9.17, 15) is 0 Å². The second kappa shape index (κ2) is 6.58. The topological polar surface area (TPSA) is 48.1 Å². The van der Waals surface area contributed by atoms with Crippen LogP contribution in [-0.4, -0.2) is 10.6 Å². The largest absolute Gasteiger partial charge is 0.470 e. The number of hydrogen-bond acceptors (Lipinski definition) is 4. The van der Waals surface area contributed by atoms with Crippen LogP contribution in [0, 0.1) is 0 Å². The maximum atomic E-state index is 5.91. The van der Waals surface area contributed by atoms with Crippen molar-refractivity contribution >= 4 is 29.1 Å². The van der Waals surface area contributed by atoms with Crippen LogP contribution in [0.25, 0.3) is 0 Å². The number of benzene rings is 1. The van der Waals surface area contributed by atoms with Gasteiger partial charge in [0, 0.05) is 10.8 Å². The van der Waals surface area contributed by atoms with Crippen molar-refractivity contribution in [3.05, 3.63) is 47.0 Å². The summed E-state index contributed by atoms with van der Waals surface area (Å²) in [6, 6.07) is 11.5. The molecule has 0 atom stereocenters. The van der Waals surface area contributed by atoms with Gasteiger partial charge in [0.25, 0.3) is 0 Å². The SMILES string of the molecule is CC(C)(C)Oc1nc(SCc2ccc(Cl)cc2)ccc1N. The Morgan fingerprint density at radius 3 is 2.43 bits per heavy atom. The van der Waals surface area contributed by atoms with Crippen LogP contribution in [0.1, 0.15) is 26.3 Å². The van der Waals surface area contributed by atoms with E-state index in [2.05, 4.69) is 4.98 Å². The lowest BCUT2D eigenvalue weighted by molar-refractivity contribution is 0.124. The molecule has 3 nitrogen and oxygen atoms in total. The molecule has 0 amide bonds. The van der Waals surface area contributed by atoms with Crippen molar-refractivity contribution in [2.75, 3.05) is 5.73 Å². The number of pyridine rings is 1. The molecule has 0 unspecified atom stereocenters. The molecule has 1 heterocycles. The molecule has 0 bridgehead atoms. The van der Waals surface area contributed by atoms with Gasteiger partial charge in [0.1, 0.15) is 10.6 Å². The maximum absolute atomic E-state index is 5.91. The Bertz CT molecular complexity index is 609. The first-order valence-corrected chi connectivity index (χ1v) is 8.03. The lowest BCUT2D eigenvalue weighted by Gasteiger charge is -2.21. The monoisotopic (exact) mass is 322 g/mol. The van der Waals surface area contributed by atoms with Crippen LogP contribution < -0.4 is 10.5 Å². The number of ether oxygens (including phenoxy) is 1. The van der Waals surface area contributed by atoms with Gasteiger partial charge in [0.2, 0.25) is 5.88 Å². The average molecular weight is 323 g/mol. The highest BCUT2D eigenvalue weighted by atomic mass is 35.5. The summed E-state index contributed by atoms with van der Waals surface area (Å²) < 4.78 is 5.77. The number of nitrogens with two attached hydrogens (primary N) is 1. The van der Waals surface area contributed by atoms with E-state index < -0.39 is 0 Å². The summed E-state index contributed by atoms with van der Waals surface area (Å²) in [4.78, 5) is 4.48. The van der Waals surface area contributed by atoms with E-state index in [1.54, 1.807) is 11.8 Å². The Balaban J connectivity index is 2.06. The Hall–Kier alpha value is -1.39. The molecular weight excluding hydrogens is 304 g/mol. The van der Waals surface area contributed by atoms with Gasteiger partial charge < -0.3 is 10.5 Å². The van der Waals surface area contributed by atoms with Crippen LogP contribution in [-0.2, 0) is 5.75 Å². The molecule has 0 aliphatic heterocycles. The standard InChI is InChI=1S/C16H19ClN2OS/c1-16(2,3)20-15-13(18)8-9-14(19-15)21-10-11-4-6-12(17)7-5-11/h4-9H,10,18H2,1-3H3. The molecule has 2 N–H and O–H groups in total. The lowest BCUT2D eigenvalue weighted by atomic mass is 10.2. The number of nitrogen functional groups attached to an aromatic ring is 1. The molecule has 0 radical (unpaired) electrons. The smallest absolute Gasteiger partial charge is 0.238 e. The summed E-state index contributed by atoms with van der Waals surface area (Å²) >= 11 is 7.52. The van der Waals surface area contributed by atoms with Crippen molar-refractivity contribution < 1.29 is 4.74 Å². The van der Waals surface area contributed by atoms with E-state index >= 15 is 0 Å². The van der Waals surface area contributed by atoms with E-state index in [1.807, 2.05) is 57.2 Å². The molecule has 0 aliphatic carbocycles. The fourth-order valence-corrected chi connectivity index (χ4v) is 2.57. The van der Waals surface area contributed by atoms with Gasteiger partial charge in [-0.15, -0.1) is 11.8 Å². The first-order valence-electron chi connectivity index (χ1n) is 6.66. The van der Waals surface area contributed by atoms with E-state index in [4.69, 9.17) is 22.1 Å². The quantitative estimate of drug-likeness (QED) is 0.822. The van der Waals surface area contributed by atoms with E-state index in [0.717, 1.165) is 15.8 Å². The van der Waals surface area contributed by atoms with Crippen molar-refractivity contribution in [3.8, 4) is 5.88 Å². The molecule has 112 valence electrons. The minimum absolute atomic E-state index is 0.319. The molecule has 2 aromatic rings. The van der Waals surface area contributed by atoms with Crippen molar-refractivity contribution in [2.45, 2.75) is 37.2 Å². The summed E-state index contributed by atoms with van der Waals surface area (Å²) in [6.07, 6.45) is 0. The van der Waals surface area contributed by atoms with Gasteiger partial charge in [0.05, 0.1) is 5.69 Å². The average Bonchev–Trinajstić information content (AvgIpc) is 2.40. The van der Waals surface area contributed by atoms with Crippen molar-refractivity contribution in [1.82, 2.24) is 4.98 Å². The Morgan fingerprint density at radius 1 is 1.14 bits per heavy atom. The number of halogens is 1. The predicted octanol–water partition coefficient (Wildman–Crippen LogP) is 4.79. The van der Waals surface area contributed by atoms with Gasteiger partial charge in [0.15, 0.2) is 0 Å². The van der Waals surface area contributed by atoms with Gasteiger partial charge in [-0.05, 0) is 50.6 Å².